The molecule has 0 atom stereocenters. The van der Waals surface area contributed by atoms with Gasteiger partial charge in [0.15, 0.2) is 16.5 Å². The number of anilines is 2. The number of aromatic nitrogens is 6. The molecule has 3 aromatic heterocycles. The van der Waals surface area contributed by atoms with Crippen molar-refractivity contribution in [1.82, 2.24) is 29.3 Å². The monoisotopic (exact) mass is 399 g/mol. The molecule has 0 radical (unpaired) electrons. The highest BCUT2D eigenvalue weighted by Gasteiger charge is 2.26. The van der Waals surface area contributed by atoms with E-state index in [2.05, 4.69) is 56.7 Å². The fourth-order valence-corrected chi connectivity index (χ4v) is 3.80. The van der Waals surface area contributed by atoms with Crippen molar-refractivity contribution >= 4 is 34.4 Å². The molecule has 1 fully saturated rings. The molecule has 1 saturated heterocycles. The van der Waals surface area contributed by atoms with Crippen molar-refractivity contribution in [3.8, 4) is 6.07 Å². The second kappa shape index (κ2) is 6.63. The van der Waals surface area contributed by atoms with Crippen molar-refractivity contribution < 1.29 is 0 Å². The number of hydrogen-bond acceptors (Lipinski definition) is 7. The topological polar surface area (TPSA) is 91.7 Å². The molecule has 0 N–H and O–H groups in total. The molecule has 3 aromatic rings. The molecule has 0 aromatic carbocycles. The van der Waals surface area contributed by atoms with Crippen LogP contribution in [0.2, 0.25) is 5.15 Å². The molecule has 4 heterocycles. The molecule has 0 spiro atoms. The van der Waals surface area contributed by atoms with Crippen molar-refractivity contribution in [3.05, 3.63) is 23.4 Å². The van der Waals surface area contributed by atoms with Crippen LogP contribution in [0.1, 0.15) is 26.5 Å². The Balaban J connectivity index is 1.58. The fraction of sp³-hybridized carbons (Fsp3) is 0.500. The Bertz CT molecular complexity index is 1060. The number of fused-ring (bicyclic) bond motifs is 1. The first-order valence-corrected chi connectivity index (χ1v) is 9.50. The zero-order chi connectivity index (χ0) is 20.1. The zero-order valence-electron chi connectivity index (χ0n) is 16.4. The van der Waals surface area contributed by atoms with Gasteiger partial charge in [0.05, 0.1) is 17.1 Å². The zero-order valence-corrected chi connectivity index (χ0v) is 17.1. The normalized spacial score (nSPS) is 15.3. The lowest BCUT2D eigenvalue weighted by Crippen LogP contribution is -2.47. The van der Waals surface area contributed by atoms with E-state index in [1.165, 1.54) is 0 Å². The second-order valence-electron chi connectivity index (χ2n) is 7.86. The molecule has 0 saturated carbocycles. The maximum absolute atomic E-state index is 9.22. The van der Waals surface area contributed by atoms with E-state index in [9.17, 15) is 5.26 Å². The maximum Gasteiger partial charge on any atom is 0.207 e. The molecule has 28 heavy (non-hydrogen) atoms. The molecule has 10 heteroatoms. The van der Waals surface area contributed by atoms with Crippen LogP contribution in [0.5, 0.6) is 0 Å². The van der Waals surface area contributed by atoms with Gasteiger partial charge in [0, 0.05) is 33.2 Å². The fourth-order valence-electron chi connectivity index (χ4n) is 3.55. The van der Waals surface area contributed by atoms with Crippen LogP contribution in [0.15, 0.2) is 12.5 Å². The van der Waals surface area contributed by atoms with Crippen LogP contribution in [0, 0.1) is 11.3 Å². The van der Waals surface area contributed by atoms with Crippen molar-refractivity contribution in [3.63, 3.8) is 0 Å². The van der Waals surface area contributed by atoms with Crippen LogP contribution < -0.4 is 9.80 Å². The molecule has 9 nitrogen and oxygen atoms in total. The Labute approximate surface area is 168 Å². The average molecular weight is 400 g/mol. The minimum atomic E-state index is -0.151. The number of imidazole rings is 1. The van der Waals surface area contributed by atoms with Crippen molar-refractivity contribution in [2.75, 3.05) is 36.0 Å². The van der Waals surface area contributed by atoms with Crippen molar-refractivity contribution in [2.24, 2.45) is 7.05 Å². The Kier molecular flexibility index (Phi) is 4.38. The van der Waals surface area contributed by atoms with Gasteiger partial charge in [-0.05, 0) is 20.8 Å². The van der Waals surface area contributed by atoms with Gasteiger partial charge in [0.1, 0.15) is 18.2 Å². The van der Waals surface area contributed by atoms with Gasteiger partial charge in [-0.25, -0.2) is 14.6 Å². The first-order valence-electron chi connectivity index (χ1n) is 9.12. The van der Waals surface area contributed by atoms with Gasteiger partial charge < -0.3 is 14.4 Å². The Morgan fingerprint density at radius 2 is 1.79 bits per heavy atom. The molecule has 1 aliphatic heterocycles. The lowest BCUT2D eigenvalue weighted by molar-refractivity contribution is 0.366. The van der Waals surface area contributed by atoms with E-state index in [0.717, 1.165) is 49.0 Å². The summed E-state index contributed by atoms with van der Waals surface area (Å²) in [5.41, 5.74) is 1.07. The first kappa shape index (κ1) is 18.5. The van der Waals surface area contributed by atoms with Gasteiger partial charge in [-0.2, -0.15) is 15.3 Å². The van der Waals surface area contributed by atoms with E-state index in [1.807, 2.05) is 17.9 Å². The summed E-state index contributed by atoms with van der Waals surface area (Å²) < 4.78 is 3.68. The number of piperazine rings is 1. The van der Waals surface area contributed by atoms with Crippen LogP contribution in [0.3, 0.4) is 0 Å². The Morgan fingerprint density at radius 3 is 2.39 bits per heavy atom. The standard InChI is InChI=1S/C18H22ClN9/c1-18(2,3)28-16-12(10-23-28)15(21-11-22-16)26-5-7-27(8-6-26)17-24-14(19)13(9-20)25(17)4/h10-11H,5-8H2,1-4H3. The first-order chi connectivity index (χ1) is 13.3. The van der Waals surface area contributed by atoms with Crippen LogP contribution in [-0.2, 0) is 12.6 Å². The SMILES string of the molecule is Cn1c(N2CCN(c3ncnc4c3cnn4C(C)(C)C)CC2)nc(Cl)c1C#N. The molecular weight excluding hydrogens is 378 g/mol. The Morgan fingerprint density at radius 1 is 1.11 bits per heavy atom. The third kappa shape index (κ3) is 2.94. The summed E-state index contributed by atoms with van der Waals surface area (Å²) in [5, 5.41) is 15.0. The van der Waals surface area contributed by atoms with Gasteiger partial charge in [-0.3, -0.25) is 0 Å². The lowest BCUT2D eigenvalue weighted by atomic mass is 10.1. The van der Waals surface area contributed by atoms with Crippen LogP contribution >= 0.6 is 11.6 Å². The minimum absolute atomic E-state index is 0.151. The third-order valence-electron chi connectivity index (χ3n) is 4.98. The molecular formula is C18H22ClN9. The average Bonchev–Trinajstić information content (AvgIpc) is 3.22. The summed E-state index contributed by atoms with van der Waals surface area (Å²) in [6, 6.07) is 2.10. The predicted octanol–water partition coefficient (Wildman–Crippen LogP) is 2.17. The van der Waals surface area contributed by atoms with E-state index >= 15 is 0 Å². The third-order valence-corrected chi connectivity index (χ3v) is 5.24. The Hall–Kier alpha value is -2.86. The molecule has 0 bridgehead atoms. The number of rotatable bonds is 2. The van der Waals surface area contributed by atoms with E-state index < -0.39 is 0 Å². The van der Waals surface area contributed by atoms with E-state index in [1.54, 1.807) is 10.9 Å². The van der Waals surface area contributed by atoms with E-state index in [0.29, 0.717) is 5.69 Å². The smallest absolute Gasteiger partial charge is 0.207 e. The van der Waals surface area contributed by atoms with Crippen LogP contribution in [-0.4, -0.2) is 55.5 Å². The summed E-state index contributed by atoms with van der Waals surface area (Å²) in [6.45, 7) is 9.38. The molecule has 4 rings (SSSR count). The van der Waals surface area contributed by atoms with Gasteiger partial charge in [-0.15, -0.1) is 0 Å². The van der Waals surface area contributed by atoms with Gasteiger partial charge >= 0.3 is 0 Å². The maximum atomic E-state index is 9.22. The number of halogens is 1. The summed E-state index contributed by atoms with van der Waals surface area (Å²) in [5.74, 6) is 1.62. The number of hydrogen-bond donors (Lipinski definition) is 0. The molecule has 146 valence electrons. The number of nitrogens with zero attached hydrogens (tertiary/aromatic N) is 9. The van der Waals surface area contributed by atoms with Crippen molar-refractivity contribution in [2.45, 2.75) is 26.3 Å². The molecule has 1 aliphatic rings. The highest BCUT2D eigenvalue weighted by Crippen LogP contribution is 2.28. The molecule has 0 amide bonds. The van der Waals surface area contributed by atoms with Gasteiger partial charge in [-0.1, -0.05) is 11.6 Å². The van der Waals surface area contributed by atoms with Crippen LogP contribution in [0.4, 0.5) is 11.8 Å². The summed E-state index contributed by atoms with van der Waals surface area (Å²) in [4.78, 5) is 17.7. The largest absolute Gasteiger partial charge is 0.352 e. The molecule has 0 aliphatic carbocycles. The summed E-state index contributed by atoms with van der Waals surface area (Å²) >= 11 is 6.08. The highest BCUT2D eigenvalue weighted by atomic mass is 35.5. The lowest BCUT2D eigenvalue weighted by Gasteiger charge is -2.36. The highest BCUT2D eigenvalue weighted by molar-refractivity contribution is 6.30. The van der Waals surface area contributed by atoms with Gasteiger partial charge in [0.2, 0.25) is 5.95 Å². The van der Waals surface area contributed by atoms with Gasteiger partial charge in [0.25, 0.3) is 0 Å². The summed E-state index contributed by atoms with van der Waals surface area (Å²) in [6.07, 6.45) is 3.45. The second-order valence-corrected chi connectivity index (χ2v) is 8.22. The quantitative estimate of drug-likeness (QED) is 0.652. The minimum Gasteiger partial charge on any atom is -0.352 e. The summed E-state index contributed by atoms with van der Waals surface area (Å²) in [7, 11) is 1.81. The van der Waals surface area contributed by atoms with Crippen molar-refractivity contribution in [1.29, 1.82) is 5.26 Å². The molecule has 0 unspecified atom stereocenters. The number of nitriles is 1. The van der Waals surface area contributed by atoms with E-state index in [-0.39, 0.29) is 10.7 Å². The van der Waals surface area contributed by atoms with E-state index in [4.69, 9.17) is 11.6 Å². The predicted molar refractivity (Wildman–Crippen MR) is 108 cm³/mol. The van der Waals surface area contributed by atoms with Crippen LogP contribution in [0.25, 0.3) is 11.0 Å².